The summed E-state index contributed by atoms with van der Waals surface area (Å²) in [5.41, 5.74) is 8.91. The third-order valence-electron chi connectivity index (χ3n) is 7.55. The zero-order valence-corrected chi connectivity index (χ0v) is 26.2. The first kappa shape index (κ1) is 30.6. The van der Waals surface area contributed by atoms with E-state index in [0.29, 0.717) is 5.70 Å². The molecule has 0 bridgehead atoms. The molecule has 0 saturated heterocycles. The monoisotopic (exact) mass is 613 g/mol. The van der Waals surface area contributed by atoms with Crippen molar-refractivity contribution in [3.05, 3.63) is 181 Å². The van der Waals surface area contributed by atoms with Crippen LogP contribution in [-0.4, -0.2) is 11.7 Å². The number of pyridine rings is 1. The molecule has 4 aromatic carbocycles. The number of furan rings is 1. The summed E-state index contributed by atoms with van der Waals surface area (Å²) in [6.45, 7) is 9.94. The number of benzene rings is 4. The second kappa shape index (κ2) is 14.6. The van der Waals surface area contributed by atoms with Gasteiger partial charge in [0.2, 0.25) is 0 Å². The van der Waals surface area contributed by atoms with Gasteiger partial charge in [-0.3, -0.25) is 4.99 Å². The first-order chi connectivity index (χ1) is 23.1. The molecule has 6 rings (SSSR count). The molecule has 0 saturated carbocycles. The molecular formula is C41H35N5O. The quantitative estimate of drug-likeness (QED) is 0.113. The highest BCUT2D eigenvalue weighted by Gasteiger charge is 2.15. The van der Waals surface area contributed by atoms with Gasteiger partial charge in [0, 0.05) is 52.2 Å². The predicted molar refractivity (Wildman–Crippen MR) is 196 cm³/mol. The Hall–Kier alpha value is -6.40. The number of aromatic nitrogens is 1. The third kappa shape index (κ3) is 7.30. The number of hydrogen-bond donors (Lipinski definition) is 2. The first-order valence-electron chi connectivity index (χ1n) is 15.3. The van der Waals surface area contributed by atoms with Crippen LogP contribution in [0.5, 0.6) is 0 Å². The Morgan fingerprint density at radius 3 is 2.09 bits per heavy atom. The van der Waals surface area contributed by atoms with Crippen LogP contribution in [0.1, 0.15) is 18.1 Å². The normalized spacial score (nSPS) is 12.2. The Morgan fingerprint density at radius 1 is 0.787 bits per heavy atom. The summed E-state index contributed by atoms with van der Waals surface area (Å²) in [6.07, 6.45) is 11.4. The lowest BCUT2D eigenvalue weighted by atomic mass is 10.1. The third-order valence-corrected chi connectivity index (χ3v) is 7.55. The Kier molecular flexibility index (Phi) is 9.50. The average Bonchev–Trinajstić information content (AvgIpc) is 3.56. The van der Waals surface area contributed by atoms with Crippen LogP contribution in [0, 0.1) is 0 Å². The number of aromatic amines is 1. The van der Waals surface area contributed by atoms with Crippen LogP contribution in [-0.2, 0) is 0 Å². The summed E-state index contributed by atoms with van der Waals surface area (Å²) >= 11 is 0. The number of anilines is 3. The van der Waals surface area contributed by atoms with Gasteiger partial charge in [0.05, 0.1) is 11.4 Å². The molecule has 6 aromatic rings. The maximum atomic E-state index is 6.13. The van der Waals surface area contributed by atoms with Gasteiger partial charge in [0.25, 0.3) is 0 Å². The Morgan fingerprint density at radius 2 is 1.45 bits per heavy atom. The summed E-state index contributed by atoms with van der Waals surface area (Å²) < 4.78 is 6.13. The fraction of sp³-hybridized carbons (Fsp3) is 0.0244. The van der Waals surface area contributed by atoms with Crippen molar-refractivity contribution in [1.82, 2.24) is 10.3 Å². The van der Waals surface area contributed by atoms with Crippen molar-refractivity contribution in [2.24, 2.45) is 9.98 Å². The van der Waals surface area contributed by atoms with Gasteiger partial charge < -0.3 is 19.6 Å². The van der Waals surface area contributed by atoms with Gasteiger partial charge in [-0.25, -0.2) is 4.99 Å². The van der Waals surface area contributed by atoms with E-state index in [9.17, 15) is 0 Å². The molecule has 2 aromatic heterocycles. The lowest BCUT2D eigenvalue weighted by molar-refractivity contribution is 0.631. The number of nitrogens with zero attached hydrogens (tertiary/aromatic N) is 3. The lowest BCUT2D eigenvalue weighted by Gasteiger charge is -2.26. The average molecular weight is 614 g/mol. The zero-order valence-electron chi connectivity index (χ0n) is 26.2. The predicted octanol–water partition coefficient (Wildman–Crippen LogP) is 10.1. The highest BCUT2D eigenvalue weighted by atomic mass is 16.3. The summed E-state index contributed by atoms with van der Waals surface area (Å²) in [5, 5.41) is 4.23. The van der Waals surface area contributed by atoms with Crippen LogP contribution in [0.4, 0.5) is 17.1 Å². The van der Waals surface area contributed by atoms with Crippen molar-refractivity contribution in [2.45, 2.75) is 6.92 Å². The zero-order chi connectivity index (χ0) is 32.4. The number of para-hydroxylation sites is 1. The molecule has 0 aliphatic rings. The van der Waals surface area contributed by atoms with E-state index in [1.165, 1.54) is 0 Å². The second-order valence-electron chi connectivity index (χ2n) is 10.7. The topological polar surface area (TPSA) is 68.9 Å². The van der Waals surface area contributed by atoms with E-state index < -0.39 is 0 Å². The van der Waals surface area contributed by atoms with Gasteiger partial charge in [0.1, 0.15) is 16.8 Å². The van der Waals surface area contributed by atoms with E-state index >= 15 is 0 Å². The molecule has 2 N–H and O–H groups in total. The fourth-order valence-corrected chi connectivity index (χ4v) is 5.16. The molecular weight excluding hydrogens is 578 g/mol. The highest BCUT2D eigenvalue weighted by molar-refractivity contribution is 5.84. The molecule has 0 amide bonds. The molecule has 6 nitrogen and oxygen atoms in total. The molecule has 47 heavy (non-hydrogen) atoms. The van der Waals surface area contributed by atoms with Crippen LogP contribution in [0.3, 0.4) is 0 Å². The molecule has 0 aliphatic carbocycles. The number of allylic oxidation sites excluding steroid dienone is 3. The molecule has 0 radical (unpaired) electrons. The smallest absolute Gasteiger partial charge is 0.135 e. The van der Waals surface area contributed by atoms with Gasteiger partial charge in [-0.15, -0.1) is 0 Å². The second-order valence-corrected chi connectivity index (χ2v) is 10.7. The van der Waals surface area contributed by atoms with Crippen molar-refractivity contribution in [1.29, 1.82) is 0 Å². The minimum absolute atomic E-state index is 0.676. The summed E-state index contributed by atoms with van der Waals surface area (Å²) in [4.78, 5) is 14.2. The summed E-state index contributed by atoms with van der Waals surface area (Å²) in [7, 11) is 0. The van der Waals surface area contributed by atoms with Gasteiger partial charge in [0.15, 0.2) is 0 Å². The highest BCUT2D eigenvalue weighted by Crippen LogP contribution is 2.37. The van der Waals surface area contributed by atoms with Gasteiger partial charge in [-0.1, -0.05) is 67.3 Å². The molecule has 6 heteroatoms. The molecule has 2 heterocycles. The molecule has 0 unspecified atom stereocenters. The standard InChI is InChI=1S/C41H35N5O/c1-4-5-9-26-43-29-38(42-3)32-16-22-36(23-17-32)46(35-20-14-31(15-21-35)30(2)45-41-13-8-10-27-44-41)37-24-18-33(19-25-37)40-28-34-11-6-7-12-39(34)47-40/h4-29,43H,2-3H2,1H3,(H,44,45)/b5-4-,26-9-,38-29-. The van der Waals surface area contributed by atoms with Gasteiger partial charge >= 0.3 is 0 Å². The molecule has 230 valence electrons. The van der Waals surface area contributed by atoms with Crippen molar-refractivity contribution in [3.8, 4) is 11.3 Å². The lowest BCUT2D eigenvalue weighted by Crippen LogP contribution is -2.10. The van der Waals surface area contributed by atoms with Crippen molar-refractivity contribution < 1.29 is 4.42 Å². The van der Waals surface area contributed by atoms with Crippen LogP contribution >= 0.6 is 0 Å². The van der Waals surface area contributed by atoms with Crippen LogP contribution in [0.2, 0.25) is 0 Å². The number of fused-ring (bicyclic) bond motifs is 1. The van der Waals surface area contributed by atoms with Gasteiger partial charge in [-0.2, -0.15) is 0 Å². The largest absolute Gasteiger partial charge is 0.456 e. The van der Waals surface area contributed by atoms with Crippen molar-refractivity contribution in [2.75, 3.05) is 4.90 Å². The van der Waals surface area contributed by atoms with E-state index in [1.807, 2.05) is 92.3 Å². The van der Waals surface area contributed by atoms with E-state index in [4.69, 9.17) is 4.42 Å². The summed E-state index contributed by atoms with van der Waals surface area (Å²) in [5.74, 6) is 0.835. The first-order valence-corrected chi connectivity index (χ1v) is 15.3. The van der Waals surface area contributed by atoms with Crippen molar-refractivity contribution >= 4 is 46.1 Å². The minimum Gasteiger partial charge on any atom is -0.456 e. The van der Waals surface area contributed by atoms with E-state index in [0.717, 1.165) is 61.7 Å². The number of rotatable bonds is 11. The molecule has 0 aliphatic heterocycles. The maximum Gasteiger partial charge on any atom is 0.135 e. The maximum absolute atomic E-state index is 6.13. The number of aliphatic imine (C=N–C) groups is 1. The Labute approximate surface area is 274 Å². The van der Waals surface area contributed by atoms with E-state index in [1.54, 1.807) is 0 Å². The number of nitrogens with one attached hydrogen (secondary N) is 2. The van der Waals surface area contributed by atoms with Crippen LogP contribution in [0.25, 0.3) is 33.7 Å². The fourth-order valence-electron chi connectivity index (χ4n) is 5.16. The minimum atomic E-state index is 0.676. The molecule has 0 spiro atoms. The van der Waals surface area contributed by atoms with E-state index in [-0.39, 0.29) is 0 Å². The van der Waals surface area contributed by atoms with Crippen molar-refractivity contribution in [3.63, 3.8) is 0 Å². The SMILES string of the molecule is C=N/C(=C\N/C=C\C=C/C)c1ccc(N(c2ccc(C(=C)/N=c3/cccc[nH]3)cc2)c2ccc(-c3cc4ccccc4o3)cc2)cc1. The summed E-state index contributed by atoms with van der Waals surface area (Å²) in [6, 6.07) is 40.9. The molecule has 0 atom stereocenters. The van der Waals surface area contributed by atoms with Gasteiger partial charge in [-0.05, 0) is 98.1 Å². The Balaban J connectivity index is 1.33. The Bertz CT molecular complexity index is 2100. The number of H-pyrrole nitrogens is 1. The van der Waals surface area contributed by atoms with Crippen LogP contribution in [0.15, 0.2) is 179 Å². The number of hydrogen-bond acceptors (Lipinski definition) is 5. The van der Waals surface area contributed by atoms with Crippen LogP contribution < -0.4 is 15.7 Å². The molecule has 0 fully saturated rings. The van der Waals surface area contributed by atoms with E-state index in [2.05, 4.69) is 111 Å².